The molecular formula is C22H30N7O+. The van der Waals surface area contributed by atoms with Crippen molar-refractivity contribution in [3.05, 3.63) is 65.2 Å². The third-order valence-corrected chi connectivity index (χ3v) is 5.83. The number of rotatable bonds is 7. The number of anilines is 1. The van der Waals surface area contributed by atoms with Crippen LogP contribution in [-0.2, 0) is 11.3 Å². The van der Waals surface area contributed by atoms with Gasteiger partial charge in [0.25, 0.3) is 0 Å². The van der Waals surface area contributed by atoms with E-state index in [0.29, 0.717) is 13.2 Å². The minimum Gasteiger partial charge on any atom is -0.383 e. The first-order valence-corrected chi connectivity index (χ1v) is 10.5. The number of pyridine rings is 1. The van der Waals surface area contributed by atoms with Gasteiger partial charge in [-0.05, 0) is 53.6 Å². The molecule has 0 bridgehead atoms. The smallest absolute Gasteiger partial charge is 0.215 e. The van der Waals surface area contributed by atoms with Crippen molar-refractivity contribution in [1.82, 2.24) is 25.2 Å². The fourth-order valence-corrected chi connectivity index (χ4v) is 4.21. The van der Waals surface area contributed by atoms with Crippen molar-refractivity contribution in [1.29, 1.82) is 0 Å². The van der Waals surface area contributed by atoms with Crippen molar-refractivity contribution in [3.63, 3.8) is 0 Å². The van der Waals surface area contributed by atoms with Crippen LogP contribution in [0.25, 0.3) is 0 Å². The van der Waals surface area contributed by atoms with Crippen LogP contribution in [0.3, 0.4) is 0 Å². The van der Waals surface area contributed by atoms with E-state index in [9.17, 15) is 0 Å². The van der Waals surface area contributed by atoms with Crippen LogP contribution in [0.5, 0.6) is 0 Å². The molecule has 0 spiro atoms. The molecule has 1 aromatic carbocycles. The van der Waals surface area contributed by atoms with E-state index in [0.717, 1.165) is 37.7 Å². The minimum atomic E-state index is -0.00110. The third-order valence-electron chi connectivity index (χ3n) is 5.83. The molecule has 0 unspecified atom stereocenters. The zero-order valence-corrected chi connectivity index (χ0v) is 18.0. The van der Waals surface area contributed by atoms with Gasteiger partial charge in [-0.3, -0.25) is 4.98 Å². The molecule has 1 saturated heterocycles. The van der Waals surface area contributed by atoms with Crippen molar-refractivity contribution in [2.75, 3.05) is 44.8 Å². The summed E-state index contributed by atoms with van der Waals surface area (Å²) in [4.78, 5) is 8.59. The molecule has 30 heavy (non-hydrogen) atoms. The molecule has 2 aromatic heterocycles. The van der Waals surface area contributed by atoms with Gasteiger partial charge in [0, 0.05) is 19.0 Å². The van der Waals surface area contributed by atoms with E-state index in [1.165, 1.54) is 21.7 Å². The van der Waals surface area contributed by atoms with Crippen LogP contribution in [0.4, 0.5) is 5.69 Å². The van der Waals surface area contributed by atoms with Gasteiger partial charge in [-0.2, -0.15) is 0 Å². The van der Waals surface area contributed by atoms with E-state index in [1.807, 2.05) is 23.0 Å². The Balaban J connectivity index is 1.57. The van der Waals surface area contributed by atoms with Gasteiger partial charge < -0.3 is 14.5 Å². The van der Waals surface area contributed by atoms with E-state index < -0.39 is 0 Å². The maximum atomic E-state index is 5.24. The van der Waals surface area contributed by atoms with E-state index in [1.54, 1.807) is 7.11 Å². The summed E-state index contributed by atoms with van der Waals surface area (Å²) in [6.07, 6.45) is 1.84. The van der Waals surface area contributed by atoms with Gasteiger partial charge in [0.05, 0.1) is 39.3 Å². The highest BCUT2D eigenvalue weighted by Crippen LogP contribution is 2.22. The molecule has 0 aliphatic carbocycles. The summed E-state index contributed by atoms with van der Waals surface area (Å²) in [7, 11) is 1.69. The number of piperazine rings is 1. The highest BCUT2D eigenvalue weighted by Gasteiger charge is 2.35. The maximum Gasteiger partial charge on any atom is 0.215 e. The minimum absolute atomic E-state index is 0.00110. The average Bonchev–Trinajstić information content (AvgIpc) is 3.23. The van der Waals surface area contributed by atoms with Gasteiger partial charge in [0.15, 0.2) is 6.04 Å². The molecule has 1 aliphatic heterocycles. The SMILES string of the molecule is COCCn1nnnc1[C@H](c1ccccn1)[NH+]1CCN(c2cc(C)ccc2C)CC1. The molecule has 1 N–H and O–H groups in total. The van der Waals surface area contributed by atoms with Crippen molar-refractivity contribution in [3.8, 4) is 0 Å². The van der Waals surface area contributed by atoms with Gasteiger partial charge in [0.2, 0.25) is 5.82 Å². The Morgan fingerprint density at radius 2 is 1.97 bits per heavy atom. The van der Waals surface area contributed by atoms with Gasteiger partial charge in [-0.1, -0.05) is 18.2 Å². The lowest BCUT2D eigenvalue weighted by Crippen LogP contribution is -3.15. The lowest BCUT2D eigenvalue weighted by Gasteiger charge is -2.37. The first-order valence-electron chi connectivity index (χ1n) is 10.5. The molecule has 1 atom stereocenters. The third kappa shape index (κ3) is 4.34. The second-order valence-corrected chi connectivity index (χ2v) is 7.88. The number of ether oxygens (including phenoxy) is 1. The van der Waals surface area contributed by atoms with Gasteiger partial charge in [-0.15, -0.1) is 5.10 Å². The number of aromatic nitrogens is 5. The van der Waals surface area contributed by atoms with Crippen molar-refractivity contribution in [2.45, 2.75) is 26.4 Å². The van der Waals surface area contributed by atoms with E-state index in [-0.39, 0.29) is 6.04 Å². The number of nitrogens with one attached hydrogen (secondary N) is 1. The average molecular weight is 409 g/mol. The number of methoxy groups -OCH3 is 1. The molecule has 0 amide bonds. The number of hydrogen-bond donors (Lipinski definition) is 1. The fourth-order valence-electron chi connectivity index (χ4n) is 4.21. The Bertz CT molecular complexity index is 951. The second-order valence-electron chi connectivity index (χ2n) is 7.88. The lowest BCUT2D eigenvalue weighted by atomic mass is 10.1. The summed E-state index contributed by atoms with van der Waals surface area (Å²) < 4.78 is 7.09. The van der Waals surface area contributed by atoms with Crippen LogP contribution < -0.4 is 9.80 Å². The fraction of sp³-hybridized carbons (Fsp3) is 0.455. The molecule has 3 aromatic rings. The van der Waals surface area contributed by atoms with E-state index >= 15 is 0 Å². The predicted octanol–water partition coefficient (Wildman–Crippen LogP) is 0.826. The Morgan fingerprint density at radius 3 is 2.70 bits per heavy atom. The number of hydrogen-bond acceptors (Lipinski definition) is 6. The summed E-state index contributed by atoms with van der Waals surface area (Å²) in [5.41, 5.74) is 4.97. The standard InChI is InChI=1S/C22H29N7O/c1-17-7-8-18(2)20(16-17)27-10-12-28(13-11-27)21(19-6-4-5-9-23-19)22-24-25-26-29(22)14-15-30-3/h4-9,16,21H,10-15H2,1-3H3/p+1/t21-/m0/s1. The first kappa shape index (κ1) is 20.4. The molecule has 1 fully saturated rings. The van der Waals surface area contributed by atoms with Crippen molar-refractivity contribution in [2.24, 2.45) is 0 Å². The normalized spacial score (nSPS) is 16.0. The highest BCUT2D eigenvalue weighted by atomic mass is 16.5. The molecule has 158 valence electrons. The Morgan fingerprint density at radius 1 is 1.13 bits per heavy atom. The molecule has 1 aliphatic rings. The van der Waals surface area contributed by atoms with Crippen LogP contribution in [0.15, 0.2) is 42.6 Å². The van der Waals surface area contributed by atoms with Gasteiger partial charge in [-0.25, -0.2) is 4.68 Å². The first-order chi connectivity index (χ1) is 14.7. The summed E-state index contributed by atoms with van der Waals surface area (Å²) in [5, 5.41) is 12.6. The largest absolute Gasteiger partial charge is 0.383 e. The molecule has 0 saturated carbocycles. The van der Waals surface area contributed by atoms with Crippen LogP contribution in [0, 0.1) is 13.8 Å². The zero-order valence-electron chi connectivity index (χ0n) is 18.0. The summed E-state index contributed by atoms with van der Waals surface area (Å²) in [5.74, 6) is 0.848. The molecule has 4 rings (SSSR count). The number of tetrazole rings is 1. The van der Waals surface area contributed by atoms with Crippen LogP contribution in [0.2, 0.25) is 0 Å². The maximum absolute atomic E-state index is 5.24. The van der Waals surface area contributed by atoms with Crippen LogP contribution >= 0.6 is 0 Å². The predicted molar refractivity (Wildman–Crippen MR) is 115 cm³/mol. The quantitative estimate of drug-likeness (QED) is 0.624. The summed E-state index contributed by atoms with van der Waals surface area (Å²) >= 11 is 0. The number of quaternary nitrogens is 1. The highest BCUT2D eigenvalue weighted by molar-refractivity contribution is 5.55. The second kappa shape index (κ2) is 9.32. The Labute approximate surface area is 177 Å². The Kier molecular flexibility index (Phi) is 6.35. The number of nitrogens with zero attached hydrogens (tertiary/aromatic N) is 6. The van der Waals surface area contributed by atoms with E-state index in [2.05, 4.69) is 63.5 Å². The molecule has 8 heteroatoms. The molecule has 3 heterocycles. The molecule has 8 nitrogen and oxygen atoms in total. The summed E-state index contributed by atoms with van der Waals surface area (Å²) in [6, 6.07) is 12.7. The lowest BCUT2D eigenvalue weighted by molar-refractivity contribution is -0.927. The summed E-state index contributed by atoms with van der Waals surface area (Å²) in [6.45, 7) is 9.51. The molecule has 0 radical (unpaired) electrons. The van der Waals surface area contributed by atoms with Gasteiger partial charge in [0.1, 0.15) is 5.69 Å². The van der Waals surface area contributed by atoms with Crippen molar-refractivity contribution >= 4 is 5.69 Å². The zero-order chi connectivity index (χ0) is 20.9. The monoisotopic (exact) mass is 408 g/mol. The van der Waals surface area contributed by atoms with Crippen molar-refractivity contribution < 1.29 is 9.64 Å². The molecular weight excluding hydrogens is 378 g/mol. The number of benzene rings is 1. The topological polar surface area (TPSA) is 73.4 Å². The van der Waals surface area contributed by atoms with E-state index in [4.69, 9.17) is 4.74 Å². The van der Waals surface area contributed by atoms with Crippen LogP contribution in [-0.4, -0.2) is 65.1 Å². The Hall–Kier alpha value is -2.84. The van der Waals surface area contributed by atoms with Crippen LogP contribution in [0.1, 0.15) is 28.7 Å². The number of aryl methyl sites for hydroxylation is 2. The van der Waals surface area contributed by atoms with Gasteiger partial charge >= 0.3 is 0 Å².